The van der Waals surface area contributed by atoms with E-state index in [2.05, 4.69) is 4.72 Å². The highest BCUT2D eigenvalue weighted by atomic mass is 32.2. The molecule has 0 amide bonds. The molecule has 4 heteroatoms. The van der Waals surface area contributed by atoms with Crippen LogP contribution in [0.5, 0.6) is 0 Å². The van der Waals surface area contributed by atoms with Crippen LogP contribution in [0.1, 0.15) is 33.1 Å². The van der Waals surface area contributed by atoms with Gasteiger partial charge in [0.05, 0.1) is 5.25 Å². The zero-order chi connectivity index (χ0) is 10.1. The molecule has 0 radical (unpaired) electrons. The lowest BCUT2D eigenvalue weighted by atomic mass is 9.83. The van der Waals surface area contributed by atoms with E-state index in [0.29, 0.717) is 11.8 Å². The van der Waals surface area contributed by atoms with Crippen molar-refractivity contribution in [2.45, 2.75) is 38.4 Å². The van der Waals surface area contributed by atoms with E-state index in [1.165, 1.54) is 7.05 Å². The molecule has 1 fully saturated rings. The molecule has 0 aliphatic heterocycles. The van der Waals surface area contributed by atoms with E-state index in [0.717, 1.165) is 19.3 Å². The normalized spacial score (nSPS) is 36.1. The number of sulfonamides is 1. The molecule has 13 heavy (non-hydrogen) atoms. The molecule has 0 heterocycles. The molecular weight excluding hydrogens is 186 g/mol. The van der Waals surface area contributed by atoms with E-state index in [1.807, 2.05) is 13.8 Å². The van der Waals surface area contributed by atoms with Gasteiger partial charge >= 0.3 is 0 Å². The molecule has 3 nitrogen and oxygen atoms in total. The molecule has 0 bridgehead atoms. The molecule has 1 rings (SSSR count). The first-order valence-electron chi connectivity index (χ1n) is 4.91. The van der Waals surface area contributed by atoms with E-state index in [1.54, 1.807) is 0 Å². The monoisotopic (exact) mass is 205 g/mol. The van der Waals surface area contributed by atoms with Crippen LogP contribution in [0.2, 0.25) is 0 Å². The van der Waals surface area contributed by atoms with Crippen LogP contribution < -0.4 is 4.72 Å². The Morgan fingerprint density at radius 3 is 2.00 bits per heavy atom. The molecule has 1 saturated carbocycles. The van der Waals surface area contributed by atoms with E-state index < -0.39 is 10.0 Å². The van der Waals surface area contributed by atoms with Crippen LogP contribution in [0.25, 0.3) is 0 Å². The van der Waals surface area contributed by atoms with Gasteiger partial charge < -0.3 is 0 Å². The molecule has 1 aliphatic carbocycles. The maximum absolute atomic E-state index is 11.7. The molecule has 0 spiro atoms. The van der Waals surface area contributed by atoms with Gasteiger partial charge in [0.2, 0.25) is 10.0 Å². The van der Waals surface area contributed by atoms with Gasteiger partial charge in [0, 0.05) is 0 Å². The molecule has 0 aromatic rings. The van der Waals surface area contributed by atoms with Crippen molar-refractivity contribution in [3.8, 4) is 0 Å². The quantitative estimate of drug-likeness (QED) is 0.740. The van der Waals surface area contributed by atoms with Crippen LogP contribution in [0.4, 0.5) is 0 Å². The second-order valence-electron chi connectivity index (χ2n) is 4.10. The third-order valence-electron chi connectivity index (χ3n) is 3.08. The maximum Gasteiger partial charge on any atom is 0.214 e. The van der Waals surface area contributed by atoms with Crippen LogP contribution >= 0.6 is 0 Å². The second-order valence-corrected chi connectivity index (χ2v) is 6.14. The van der Waals surface area contributed by atoms with Gasteiger partial charge in [-0.25, -0.2) is 13.1 Å². The minimum absolute atomic E-state index is 0.189. The van der Waals surface area contributed by atoms with E-state index >= 15 is 0 Å². The minimum Gasteiger partial charge on any atom is -0.218 e. The lowest BCUT2D eigenvalue weighted by molar-refractivity contribution is 0.300. The Labute approximate surface area is 81.0 Å². The fourth-order valence-electron chi connectivity index (χ4n) is 2.40. The summed E-state index contributed by atoms with van der Waals surface area (Å²) in [7, 11) is -1.57. The first-order valence-corrected chi connectivity index (χ1v) is 6.46. The van der Waals surface area contributed by atoms with Gasteiger partial charge in [0.15, 0.2) is 0 Å². The van der Waals surface area contributed by atoms with Crippen molar-refractivity contribution >= 4 is 10.0 Å². The fourth-order valence-corrected chi connectivity index (χ4v) is 4.17. The van der Waals surface area contributed by atoms with Gasteiger partial charge in [-0.15, -0.1) is 0 Å². The number of rotatable bonds is 2. The van der Waals surface area contributed by atoms with E-state index in [4.69, 9.17) is 0 Å². The SMILES string of the molecule is CNS(=O)(=O)C1C(C)CCCC1C. The van der Waals surface area contributed by atoms with Crippen LogP contribution in [-0.4, -0.2) is 20.7 Å². The summed E-state index contributed by atoms with van der Waals surface area (Å²) in [6.07, 6.45) is 3.24. The summed E-state index contributed by atoms with van der Waals surface area (Å²) in [4.78, 5) is 0. The molecule has 1 aliphatic rings. The highest BCUT2D eigenvalue weighted by molar-refractivity contribution is 7.90. The van der Waals surface area contributed by atoms with Crippen LogP contribution in [0.3, 0.4) is 0 Å². The smallest absolute Gasteiger partial charge is 0.214 e. The predicted molar refractivity (Wildman–Crippen MR) is 53.9 cm³/mol. The van der Waals surface area contributed by atoms with Gasteiger partial charge in [-0.1, -0.05) is 20.3 Å². The van der Waals surface area contributed by atoms with Gasteiger partial charge in [0.25, 0.3) is 0 Å². The summed E-state index contributed by atoms with van der Waals surface area (Å²) in [6.45, 7) is 4.07. The Balaban J connectivity index is 2.86. The number of nitrogens with one attached hydrogen (secondary N) is 1. The summed E-state index contributed by atoms with van der Waals surface area (Å²) >= 11 is 0. The Morgan fingerprint density at radius 1 is 1.15 bits per heavy atom. The number of hydrogen-bond donors (Lipinski definition) is 1. The first-order chi connectivity index (χ1) is 5.99. The highest BCUT2D eigenvalue weighted by Gasteiger charge is 2.36. The van der Waals surface area contributed by atoms with Gasteiger partial charge in [-0.2, -0.15) is 0 Å². The highest BCUT2D eigenvalue weighted by Crippen LogP contribution is 2.33. The third-order valence-corrected chi connectivity index (χ3v) is 5.30. The molecule has 0 aromatic heterocycles. The molecule has 0 saturated heterocycles. The average molecular weight is 205 g/mol. The zero-order valence-corrected chi connectivity index (χ0v) is 9.39. The minimum atomic E-state index is -3.07. The molecule has 0 aromatic carbocycles. The average Bonchev–Trinajstić information content (AvgIpc) is 2.03. The maximum atomic E-state index is 11.7. The second kappa shape index (κ2) is 3.96. The van der Waals surface area contributed by atoms with Crippen molar-refractivity contribution in [1.29, 1.82) is 0 Å². The molecule has 1 N–H and O–H groups in total. The molecule has 2 atom stereocenters. The standard InChI is InChI=1S/C9H19NO2S/c1-7-5-4-6-8(2)9(7)13(11,12)10-3/h7-10H,4-6H2,1-3H3. The topological polar surface area (TPSA) is 46.2 Å². The van der Waals surface area contributed by atoms with Crippen molar-refractivity contribution in [3.05, 3.63) is 0 Å². The summed E-state index contributed by atoms with van der Waals surface area (Å²) in [5.41, 5.74) is 0. The summed E-state index contributed by atoms with van der Waals surface area (Å²) in [5.74, 6) is 0.586. The molecule has 78 valence electrons. The largest absolute Gasteiger partial charge is 0.218 e. The van der Waals surface area contributed by atoms with Gasteiger partial charge in [0.1, 0.15) is 0 Å². The molecule has 2 unspecified atom stereocenters. The van der Waals surface area contributed by atoms with Gasteiger partial charge in [-0.3, -0.25) is 0 Å². The van der Waals surface area contributed by atoms with Crippen molar-refractivity contribution in [2.75, 3.05) is 7.05 Å². The van der Waals surface area contributed by atoms with Crippen LogP contribution in [-0.2, 0) is 10.0 Å². The summed E-state index contributed by atoms with van der Waals surface area (Å²) < 4.78 is 25.8. The fraction of sp³-hybridized carbons (Fsp3) is 1.00. The third kappa shape index (κ3) is 2.23. The van der Waals surface area contributed by atoms with Crippen LogP contribution in [0, 0.1) is 11.8 Å². The van der Waals surface area contributed by atoms with Crippen LogP contribution in [0.15, 0.2) is 0 Å². The summed E-state index contributed by atoms with van der Waals surface area (Å²) in [6, 6.07) is 0. The Kier molecular flexibility index (Phi) is 3.35. The van der Waals surface area contributed by atoms with Crippen molar-refractivity contribution in [1.82, 2.24) is 4.72 Å². The number of hydrogen-bond acceptors (Lipinski definition) is 2. The Morgan fingerprint density at radius 2 is 1.62 bits per heavy atom. The van der Waals surface area contributed by atoms with Crippen molar-refractivity contribution in [3.63, 3.8) is 0 Å². The Bertz CT molecular complexity index is 251. The Hall–Kier alpha value is -0.0900. The first kappa shape index (κ1) is 11.0. The summed E-state index contributed by atoms with van der Waals surface area (Å²) in [5, 5.41) is -0.189. The lowest BCUT2D eigenvalue weighted by Crippen LogP contribution is -2.42. The molecular formula is C9H19NO2S. The van der Waals surface area contributed by atoms with E-state index in [9.17, 15) is 8.42 Å². The van der Waals surface area contributed by atoms with Crippen molar-refractivity contribution < 1.29 is 8.42 Å². The van der Waals surface area contributed by atoms with Crippen molar-refractivity contribution in [2.24, 2.45) is 11.8 Å². The zero-order valence-electron chi connectivity index (χ0n) is 8.58. The predicted octanol–water partition coefficient (Wildman–Crippen LogP) is 1.36. The lowest BCUT2D eigenvalue weighted by Gasteiger charge is -2.33. The van der Waals surface area contributed by atoms with E-state index in [-0.39, 0.29) is 5.25 Å². The van der Waals surface area contributed by atoms with Gasteiger partial charge in [-0.05, 0) is 31.7 Å².